The summed E-state index contributed by atoms with van der Waals surface area (Å²) < 4.78 is 19.5. The van der Waals surface area contributed by atoms with Crippen LogP contribution in [0, 0.1) is 5.41 Å². The van der Waals surface area contributed by atoms with E-state index >= 15 is 0 Å². The van der Waals surface area contributed by atoms with Crippen LogP contribution in [0.3, 0.4) is 0 Å². The molecular weight excluding hydrogens is 490 g/mol. The first-order chi connectivity index (χ1) is 19.6. The topological polar surface area (TPSA) is 87.5 Å². The molecule has 4 aliphatic rings. The van der Waals surface area contributed by atoms with Gasteiger partial charge in [-0.25, -0.2) is 0 Å². The molecule has 8 nitrogen and oxygen atoms in total. The molecule has 2 saturated heterocycles. The summed E-state index contributed by atoms with van der Waals surface area (Å²) in [4.78, 5) is 41.9. The van der Waals surface area contributed by atoms with Gasteiger partial charge in [0.15, 0.2) is 0 Å². The molecule has 0 radical (unpaired) electrons. The second-order valence-electron chi connectivity index (χ2n) is 12.5. The summed E-state index contributed by atoms with van der Waals surface area (Å²) in [5.41, 5.74) is 2.84. The van der Waals surface area contributed by atoms with Crippen molar-refractivity contribution in [1.29, 1.82) is 0 Å². The van der Waals surface area contributed by atoms with Crippen molar-refractivity contribution in [3.05, 3.63) is 59.4 Å². The van der Waals surface area contributed by atoms with E-state index in [9.17, 15) is 14.4 Å². The fourth-order valence-corrected chi connectivity index (χ4v) is 6.59. The number of imide groups is 1. The predicted molar refractivity (Wildman–Crippen MR) is 149 cm³/mol. The van der Waals surface area contributed by atoms with Gasteiger partial charge < -0.3 is 4.90 Å². The zero-order valence-corrected chi connectivity index (χ0v) is 22.5. The lowest BCUT2D eigenvalue weighted by atomic mass is 9.89. The number of piperidine rings is 2. The van der Waals surface area contributed by atoms with Gasteiger partial charge in [-0.15, -0.1) is 0 Å². The molecule has 202 valence electrons. The lowest BCUT2D eigenvalue weighted by molar-refractivity contribution is -0.134. The first kappa shape index (κ1) is 22.3. The number of likely N-dealkylation sites (tertiary alicyclic amines) is 1. The van der Waals surface area contributed by atoms with Crippen LogP contribution in [0.15, 0.2) is 42.7 Å². The lowest BCUT2D eigenvalue weighted by Crippen LogP contribution is -2.53. The van der Waals surface area contributed by atoms with Gasteiger partial charge in [0, 0.05) is 49.6 Å². The van der Waals surface area contributed by atoms with Gasteiger partial charge >= 0.3 is 0 Å². The molecule has 1 N–H and O–H groups in total. The van der Waals surface area contributed by atoms with Crippen LogP contribution in [-0.2, 0) is 21.5 Å². The standard InChI is InChI=1S/C31H35N5O3/c1-30(10-11-30)19-34-14-12-31(2,13-15-34)35-18-20(17-32-35)16-21-6-7-24-27-22(21)4-3-5-23(27)29(39)36(24)25-8-9-26(37)33-28(25)38/h3-7,17-18,25H,8-16,19H2,1-2H3,(H,33,37,38)/i17D,18D. The van der Waals surface area contributed by atoms with Gasteiger partial charge in [0.2, 0.25) is 11.8 Å². The molecule has 2 aromatic carbocycles. The molecule has 4 heterocycles. The Hall–Kier alpha value is -3.52. The normalized spacial score (nSPS) is 24.6. The highest BCUT2D eigenvalue weighted by Crippen LogP contribution is 2.46. The highest BCUT2D eigenvalue weighted by molar-refractivity contribution is 6.27. The summed E-state index contributed by atoms with van der Waals surface area (Å²) in [5.74, 6) is -1.02. The number of anilines is 1. The molecule has 3 amide bonds. The van der Waals surface area contributed by atoms with Crippen molar-refractivity contribution >= 4 is 34.2 Å². The number of benzene rings is 2. The number of amides is 3. The van der Waals surface area contributed by atoms with Crippen molar-refractivity contribution in [2.75, 3.05) is 24.5 Å². The zero-order valence-electron chi connectivity index (χ0n) is 24.5. The number of rotatable bonds is 6. The molecule has 3 fully saturated rings. The molecule has 7 rings (SSSR count). The number of hydrogen-bond donors (Lipinski definition) is 1. The smallest absolute Gasteiger partial charge is 0.259 e. The Labute approximate surface area is 231 Å². The van der Waals surface area contributed by atoms with E-state index in [-0.39, 0.29) is 42.5 Å². The van der Waals surface area contributed by atoms with Crippen LogP contribution in [-0.4, -0.2) is 58.1 Å². The van der Waals surface area contributed by atoms with Crippen LogP contribution in [0.5, 0.6) is 0 Å². The Morgan fingerprint density at radius 3 is 2.62 bits per heavy atom. The highest BCUT2D eigenvalue weighted by atomic mass is 16.2. The van der Waals surface area contributed by atoms with Gasteiger partial charge in [-0.05, 0) is 73.1 Å². The Morgan fingerprint density at radius 2 is 1.87 bits per heavy atom. The van der Waals surface area contributed by atoms with E-state index < -0.39 is 11.9 Å². The Morgan fingerprint density at radius 1 is 1.08 bits per heavy atom. The zero-order chi connectivity index (χ0) is 28.7. The van der Waals surface area contributed by atoms with Crippen molar-refractivity contribution < 1.29 is 17.1 Å². The first-order valence-corrected chi connectivity index (χ1v) is 14.1. The molecule has 1 aliphatic carbocycles. The van der Waals surface area contributed by atoms with Gasteiger partial charge in [-0.2, -0.15) is 5.10 Å². The molecular formula is C31H35N5O3. The summed E-state index contributed by atoms with van der Waals surface area (Å²) in [7, 11) is 0. The first-order valence-electron chi connectivity index (χ1n) is 15.1. The third-order valence-electron chi connectivity index (χ3n) is 9.39. The minimum atomic E-state index is -0.737. The van der Waals surface area contributed by atoms with Crippen molar-refractivity contribution in [3.63, 3.8) is 0 Å². The van der Waals surface area contributed by atoms with Crippen molar-refractivity contribution in [3.8, 4) is 0 Å². The average Bonchev–Trinajstić information content (AvgIpc) is 3.51. The van der Waals surface area contributed by atoms with Gasteiger partial charge in [-0.1, -0.05) is 25.1 Å². The Bertz CT molecular complexity index is 1620. The maximum atomic E-state index is 13.5. The van der Waals surface area contributed by atoms with E-state index in [4.69, 9.17) is 2.74 Å². The fraction of sp³-hybridized carbons (Fsp3) is 0.484. The molecule has 39 heavy (non-hydrogen) atoms. The van der Waals surface area contributed by atoms with Crippen LogP contribution in [0.1, 0.15) is 76.6 Å². The minimum Gasteiger partial charge on any atom is -0.303 e. The maximum absolute atomic E-state index is 13.5. The third-order valence-corrected chi connectivity index (χ3v) is 9.39. The minimum absolute atomic E-state index is 0.119. The number of aromatic nitrogens is 2. The fourth-order valence-electron chi connectivity index (χ4n) is 6.59. The summed E-state index contributed by atoms with van der Waals surface area (Å²) in [6, 6.07) is 8.59. The summed E-state index contributed by atoms with van der Waals surface area (Å²) in [5, 5.41) is 8.58. The summed E-state index contributed by atoms with van der Waals surface area (Å²) in [6.45, 7) is 7.60. The summed E-state index contributed by atoms with van der Waals surface area (Å²) in [6.07, 6.45) is 5.64. The Kier molecular flexibility index (Phi) is 5.00. The van der Waals surface area contributed by atoms with Crippen molar-refractivity contribution in [2.24, 2.45) is 5.41 Å². The largest absolute Gasteiger partial charge is 0.303 e. The van der Waals surface area contributed by atoms with E-state index in [1.807, 2.05) is 24.3 Å². The monoisotopic (exact) mass is 527 g/mol. The van der Waals surface area contributed by atoms with Crippen LogP contribution < -0.4 is 10.2 Å². The van der Waals surface area contributed by atoms with Gasteiger partial charge in [0.1, 0.15) is 6.04 Å². The molecule has 3 aliphatic heterocycles. The van der Waals surface area contributed by atoms with Crippen molar-refractivity contribution in [1.82, 2.24) is 20.0 Å². The average molecular weight is 528 g/mol. The van der Waals surface area contributed by atoms with Crippen molar-refractivity contribution in [2.45, 2.75) is 70.4 Å². The number of nitrogens with zero attached hydrogens (tertiary/aromatic N) is 4. The van der Waals surface area contributed by atoms with E-state index in [0.29, 0.717) is 28.7 Å². The van der Waals surface area contributed by atoms with Crippen LogP contribution in [0.25, 0.3) is 10.8 Å². The molecule has 3 aromatic rings. The maximum Gasteiger partial charge on any atom is 0.259 e. The quantitative estimate of drug-likeness (QED) is 0.490. The summed E-state index contributed by atoms with van der Waals surface area (Å²) >= 11 is 0. The van der Waals surface area contributed by atoms with Gasteiger partial charge in [0.05, 0.1) is 20.1 Å². The van der Waals surface area contributed by atoms with Crippen LogP contribution >= 0.6 is 0 Å². The molecule has 0 spiro atoms. The molecule has 1 saturated carbocycles. The predicted octanol–water partition coefficient (Wildman–Crippen LogP) is 4.00. The van der Waals surface area contributed by atoms with E-state index in [1.54, 1.807) is 10.7 Å². The van der Waals surface area contributed by atoms with E-state index in [0.717, 1.165) is 48.8 Å². The Balaban J connectivity index is 1.18. The second-order valence-corrected chi connectivity index (χ2v) is 12.5. The molecule has 1 unspecified atom stereocenters. The number of hydrogen-bond acceptors (Lipinski definition) is 5. The molecule has 1 atom stereocenters. The highest BCUT2D eigenvalue weighted by Gasteiger charge is 2.42. The third kappa shape index (κ3) is 4.16. The van der Waals surface area contributed by atoms with E-state index in [2.05, 4.69) is 29.2 Å². The van der Waals surface area contributed by atoms with E-state index in [1.165, 1.54) is 17.7 Å². The lowest BCUT2D eigenvalue weighted by Gasteiger charge is -2.40. The second kappa shape index (κ2) is 8.74. The van der Waals surface area contributed by atoms with Crippen LogP contribution in [0.4, 0.5) is 5.69 Å². The van der Waals surface area contributed by atoms with Crippen LogP contribution in [0.2, 0.25) is 0 Å². The number of carbonyl (C=O) groups excluding carboxylic acids is 3. The van der Waals surface area contributed by atoms with Gasteiger partial charge in [-0.3, -0.25) is 29.3 Å². The van der Waals surface area contributed by atoms with Gasteiger partial charge in [0.25, 0.3) is 5.91 Å². The SMILES string of the molecule is [2H]c1nn(C2(C)CCN(CC3(C)CC3)CC2)c([2H])c1Cc1ccc2c3c(cccc13)C(=O)N2C1CCC(=O)NC1=O. The molecule has 1 aromatic heterocycles. The number of carbonyl (C=O) groups is 3. The number of nitrogens with one attached hydrogen (secondary N) is 1. The molecule has 0 bridgehead atoms. The molecule has 8 heteroatoms.